The van der Waals surface area contributed by atoms with Crippen molar-refractivity contribution in [2.45, 2.75) is 0 Å². The monoisotopic (exact) mass is 451 g/mol. The average Bonchev–Trinajstić information content (AvgIpc) is 3.17. The van der Waals surface area contributed by atoms with Crippen LogP contribution in [0.4, 0.5) is 5.69 Å². The minimum absolute atomic E-state index is 0.234. The molecular weight excluding hydrogens is 438 g/mol. The number of halogens is 2. The molecule has 0 saturated carbocycles. The Hall–Kier alpha value is -2.89. The summed E-state index contributed by atoms with van der Waals surface area (Å²) < 4.78 is 2.68. The molecule has 3 aromatic carbocycles. The van der Waals surface area contributed by atoms with Crippen molar-refractivity contribution in [1.82, 2.24) is 9.78 Å². The van der Waals surface area contributed by atoms with Crippen LogP contribution in [-0.2, 0) is 0 Å². The molecule has 28 heavy (non-hydrogen) atoms. The molecule has 0 atom stereocenters. The van der Waals surface area contributed by atoms with Crippen molar-refractivity contribution in [3.63, 3.8) is 0 Å². The SMILES string of the molecule is O=C(Nc1ccc(Cl)cc1)c1cn(-c2ccccc2)nc1-c1ccc(Br)cc1. The predicted molar refractivity (Wildman–Crippen MR) is 116 cm³/mol. The van der Waals surface area contributed by atoms with Crippen molar-refractivity contribution >= 4 is 39.1 Å². The van der Waals surface area contributed by atoms with E-state index in [-0.39, 0.29) is 5.91 Å². The first kappa shape index (κ1) is 18.5. The molecule has 1 heterocycles. The fraction of sp³-hybridized carbons (Fsp3) is 0. The van der Waals surface area contributed by atoms with Crippen LogP contribution < -0.4 is 5.32 Å². The molecule has 0 unspecified atom stereocenters. The molecule has 0 aliphatic carbocycles. The van der Waals surface area contributed by atoms with Gasteiger partial charge in [-0.05, 0) is 48.5 Å². The van der Waals surface area contributed by atoms with Gasteiger partial charge in [0, 0.05) is 26.9 Å². The van der Waals surface area contributed by atoms with Crippen molar-refractivity contribution in [1.29, 1.82) is 0 Å². The molecule has 0 aliphatic heterocycles. The van der Waals surface area contributed by atoms with Gasteiger partial charge in [0.05, 0.1) is 11.3 Å². The van der Waals surface area contributed by atoms with Crippen molar-refractivity contribution < 1.29 is 4.79 Å². The fourth-order valence-electron chi connectivity index (χ4n) is 2.81. The minimum Gasteiger partial charge on any atom is -0.322 e. The van der Waals surface area contributed by atoms with E-state index in [1.807, 2.05) is 54.6 Å². The van der Waals surface area contributed by atoms with Gasteiger partial charge in [0.2, 0.25) is 0 Å². The third-order valence-corrected chi connectivity index (χ3v) is 4.98. The maximum atomic E-state index is 13.0. The Balaban J connectivity index is 1.75. The van der Waals surface area contributed by atoms with E-state index in [1.54, 1.807) is 35.1 Å². The number of carbonyl (C=O) groups is 1. The van der Waals surface area contributed by atoms with Crippen LogP contribution in [0.2, 0.25) is 5.02 Å². The minimum atomic E-state index is -0.234. The van der Waals surface area contributed by atoms with Gasteiger partial charge in [-0.3, -0.25) is 4.79 Å². The van der Waals surface area contributed by atoms with Crippen LogP contribution in [0.3, 0.4) is 0 Å². The van der Waals surface area contributed by atoms with Gasteiger partial charge in [-0.1, -0.05) is 57.9 Å². The third-order valence-electron chi connectivity index (χ3n) is 4.20. The maximum absolute atomic E-state index is 13.0. The lowest BCUT2D eigenvalue weighted by atomic mass is 10.1. The van der Waals surface area contributed by atoms with E-state index < -0.39 is 0 Å². The second-order valence-electron chi connectivity index (χ2n) is 6.14. The van der Waals surface area contributed by atoms with E-state index in [0.717, 1.165) is 15.7 Å². The van der Waals surface area contributed by atoms with Gasteiger partial charge >= 0.3 is 0 Å². The normalized spacial score (nSPS) is 10.6. The molecule has 4 aromatic rings. The van der Waals surface area contributed by atoms with E-state index in [1.165, 1.54) is 0 Å². The lowest BCUT2D eigenvalue weighted by Gasteiger charge is -2.05. The van der Waals surface area contributed by atoms with E-state index in [0.29, 0.717) is 22.0 Å². The summed E-state index contributed by atoms with van der Waals surface area (Å²) in [4.78, 5) is 13.0. The Morgan fingerprint density at radius 2 is 1.61 bits per heavy atom. The van der Waals surface area contributed by atoms with Crippen LogP contribution in [0.25, 0.3) is 16.9 Å². The molecule has 1 N–H and O–H groups in total. The number of hydrogen-bond donors (Lipinski definition) is 1. The lowest BCUT2D eigenvalue weighted by molar-refractivity contribution is 0.102. The van der Waals surface area contributed by atoms with Gasteiger partial charge in [0.1, 0.15) is 5.69 Å². The van der Waals surface area contributed by atoms with Gasteiger partial charge in [-0.15, -0.1) is 0 Å². The maximum Gasteiger partial charge on any atom is 0.259 e. The Kier molecular flexibility index (Phi) is 5.28. The van der Waals surface area contributed by atoms with Crippen LogP contribution in [0.15, 0.2) is 89.5 Å². The number of para-hydroxylation sites is 1. The summed E-state index contributed by atoms with van der Waals surface area (Å²) in [7, 11) is 0. The standard InChI is InChI=1S/C22H15BrClN3O/c23-16-8-6-15(7-9-16)21-20(14-27(26-21)19-4-2-1-3-5-19)22(28)25-18-12-10-17(24)11-13-18/h1-14H,(H,25,28). The zero-order valence-electron chi connectivity index (χ0n) is 14.6. The smallest absolute Gasteiger partial charge is 0.259 e. The number of hydrogen-bond acceptors (Lipinski definition) is 2. The fourth-order valence-corrected chi connectivity index (χ4v) is 3.20. The summed E-state index contributed by atoms with van der Waals surface area (Å²) in [5.74, 6) is -0.234. The van der Waals surface area contributed by atoms with Gasteiger partial charge < -0.3 is 5.32 Å². The second-order valence-corrected chi connectivity index (χ2v) is 7.49. The lowest BCUT2D eigenvalue weighted by Crippen LogP contribution is -2.12. The molecule has 1 aromatic heterocycles. The molecule has 0 radical (unpaired) electrons. The molecule has 0 aliphatic rings. The number of amides is 1. The number of nitrogens with one attached hydrogen (secondary N) is 1. The van der Waals surface area contributed by atoms with E-state index >= 15 is 0 Å². The third kappa shape index (κ3) is 4.01. The molecule has 0 saturated heterocycles. The van der Waals surface area contributed by atoms with Crippen LogP contribution >= 0.6 is 27.5 Å². The second kappa shape index (κ2) is 8.00. The summed E-state index contributed by atoms with van der Waals surface area (Å²) in [5.41, 5.74) is 3.51. The zero-order chi connectivity index (χ0) is 19.5. The largest absolute Gasteiger partial charge is 0.322 e. The van der Waals surface area contributed by atoms with Crippen LogP contribution in [0.5, 0.6) is 0 Å². The summed E-state index contributed by atoms with van der Waals surface area (Å²) in [6, 6.07) is 24.4. The molecular formula is C22H15BrClN3O. The van der Waals surface area contributed by atoms with Gasteiger partial charge in [0.15, 0.2) is 0 Å². The van der Waals surface area contributed by atoms with Crippen LogP contribution in [0.1, 0.15) is 10.4 Å². The number of carbonyl (C=O) groups excluding carboxylic acids is 1. The quantitative estimate of drug-likeness (QED) is 0.400. The van der Waals surface area contributed by atoms with Gasteiger partial charge in [0.25, 0.3) is 5.91 Å². The van der Waals surface area contributed by atoms with E-state index in [4.69, 9.17) is 11.6 Å². The van der Waals surface area contributed by atoms with Crippen LogP contribution in [-0.4, -0.2) is 15.7 Å². The summed E-state index contributed by atoms with van der Waals surface area (Å²) >= 11 is 9.37. The first-order valence-electron chi connectivity index (χ1n) is 8.58. The Labute approximate surface area is 175 Å². The molecule has 4 nitrogen and oxygen atoms in total. The number of anilines is 1. The summed E-state index contributed by atoms with van der Waals surface area (Å²) in [6.07, 6.45) is 1.75. The Bertz CT molecular complexity index is 1110. The number of nitrogens with zero attached hydrogens (tertiary/aromatic N) is 2. The van der Waals surface area contributed by atoms with Crippen molar-refractivity contribution in [3.05, 3.63) is 100 Å². The summed E-state index contributed by atoms with van der Waals surface area (Å²) in [6.45, 7) is 0. The van der Waals surface area contributed by atoms with Gasteiger partial charge in [-0.25, -0.2) is 4.68 Å². The highest BCUT2D eigenvalue weighted by Crippen LogP contribution is 2.26. The molecule has 0 bridgehead atoms. The number of aromatic nitrogens is 2. The highest BCUT2D eigenvalue weighted by Gasteiger charge is 2.19. The summed E-state index contributed by atoms with van der Waals surface area (Å²) in [5, 5.41) is 8.20. The Morgan fingerprint density at radius 3 is 2.29 bits per heavy atom. The molecule has 138 valence electrons. The van der Waals surface area contributed by atoms with Crippen molar-refractivity contribution in [2.75, 3.05) is 5.32 Å². The Morgan fingerprint density at radius 1 is 0.929 bits per heavy atom. The van der Waals surface area contributed by atoms with Gasteiger partial charge in [-0.2, -0.15) is 5.10 Å². The van der Waals surface area contributed by atoms with Crippen molar-refractivity contribution in [3.8, 4) is 16.9 Å². The topological polar surface area (TPSA) is 46.9 Å². The van der Waals surface area contributed by atoms with E-state index in [2.05, 4.69) is 26.3 Å². The molecule has 0 spiro atoms. The first-order valence-corrected chi connectivity index (χ1v) is 9.75. The molecule has 4 rings (SSSR count). The molecule has 0 fully saturated rings. The average molecular weight is 453 g/mol. The number of benzene rings is 3. The highest BCUT2D eigenvalue weighted by molar-refractivity contribution is 9.10. The highest BCUT2D eigenvalue weighted by atomic mass is 79.9. The van der Waals surface area contributed by atoms with Crippen LogP contribution in [0, 0.1) is 0 Å². The first-order chi connectivity index (χ1) is 13.6. The molecule has 1 amide bonds. The number of rotatable bonds is 4. The molecule has 6 heteroatoms. The van der Waals surface area contributed by atoms with Crippen molar-refractivity contribution in [2.24, 2.45) is 0 Å². The predicted octanol–water partition coefficient (Wildman–Crippen LogP) is 6.21. The van der Waals surface area contributed by atoms with E-state index in [9.17, 15) is 4.79 Å². The zero-order valence-corrected chi connectivity index (χ0v) is 17.0.